The van der Waals surface area contributed by atoms with Gasteiger partial charge in [0.05, 0.1) is 25.9 Å². The van der Waals surface area contributed by atoms with Crippen LogP contribution < -0.4 is 15.1 Å². The number of nitrogens with one attached hydrogen (secondary N) is 1. The molecular formula is C19H21ClN5O5S2+. The lowest BCUT2D eigenvalue weighted by Gasteiger charge is -2.23. The Bertz CT molecular complexity index is 1110. The van der Waals surface area contributed by atoms with Crippen molar-refractivity contribution in [2.24, 2.45) is 9.98 Å². The van der Waals surface area contributed by atoms with E-state index >= 15 is 0 Å². The number of quaternary nitrogens is 1. The maximum absolute atomic E-state index is 12.5. The predicted molar refractivity (Wildman–Crippen MR) is 122 cm³/mol. The molecule has 0 saturated carbocycles. The molecule has 1 atom stereocenters. The topological polar surface area (TPSA) is 102 Å². The number of guanidine groups is 1. The number of hydrogen-bond donors (Lipinski definition) is 1. The molecule has 2 aliphatic rings. The zero-order chi connectivity index (χ0) is 22.6. The molecule has 0 radical (unpaired) electrons. The van der Waals surface area contributed by atoms with E-state index in [1.807, 2.05) is 36.4 Å². The van der Waals surface area contributed by atoms with Gasteiger partial charge in [0.15, 0.2) is 6.54 Å². The number of benzene rings is 2. The first-order valence-corrected chi connectivity index (χ1v) is 12.1. The van der Waals surface area contributed by atoms with Crippen molar-refractivity contribution < 1.29 is 25.9 Å². The number of aliphatic imine (C=N–C) groups is 2. The number of hydroxylamine groups is 3. The monoisotopic (exact) mass is 498 g/mol. The normalized spacial score (nSPS) is 20.1. The number of methoxy groups -OCH3 is 1. The maximum atomic E-state index is 12.5. The van der Waals surface area contributed by atoms with Gasteiger partial charge in [0.2, 0.25) is 24.1 Å². The van der Waals surface area contributed by atoms with Gasteiger partial charge < -0.3 is 10.1 Å². The Morgan fingerprint density at radius 2 is 1.78 bits per heavy atom. The van der Waals surface area contributed by atoms with Gasteiger partial charge in [-0.25, -0.2) is 9.98 Å². The molecule has 32 heavy (non-hydrogen) atoms. The minimum absolute atomic E-state index is 0.167. The highest BCUT2D eigenvalue weighted by molar-refractivity contribution is 7.99. The Kier molecular flexibility index (Phi) is 6.88. The van der Waals surface area contributed by atoms with E-state index in [2.05, 4.69) is 15.3 Å². The summed E-state index contributed by atoms with van der Waals surface area (Å²) in [7, 11) is -2.91. The molecule has 0 bridgehead atoms. The van der Waals surface area contributed by atoms with Crippen molar-refractivity contribution in [3.8, 4) is 5.75 Å². The minimum atomic E-state index is -4.54. The predicted octanol–water partition coefficient (Wildman–Crippen LogP) is 2.73. The van der Waals surface area contributed by atoms with E-state index in [1.54, 1.807) is 31.0 Å². The van der Waals surface area contributed by atoms with Gasteiger partial charge in [0.1, 0.15) is 5.75 Å². The van der Waals surface area contributed by atoms with Crippen LogP contribution in [-0.2, 0) is 19.0 Å². The fraction of sp³-hybridized carbons (Fsp3) is 0.263. The van der Waals surface area contributed by atoms with Gasteiger partial charge in [-0.15, -0.1) is 4.28 Å². The molecule has 0 amide bonds. The van der Waals surface area contributed by atoms with Crippen LogP contribution in [0.5, 0.6) is 5.75 Å². The van der Waals surface area contributed by atoms with E-state index in [-0.39, 0.29) is 12.5 Å². The molecule has 0 aromatic heterocycles. The summed E-state index contributed by atoms with van der Waals surface area (Å²) in [4.78, 5) is 10.1. The lowest BCUT2D eigenvalue weighted by atomic mass is 10.3. The molecule has 170 valence electrons. The van der Waals surface area contributed by atoms with E-state index in [0.717, 1.165) is 20.6 Å². The number of rotatable bonds is 8. The fourth-order valence-electron chi connectivity index (χ4n) is 2.90. The zero-order valence-electron chi connectivity index (χ0n) is 17.0. The first kappa shape index (κ1) is 22.8. The third-order valence-electron chi connectivity index (χ3n) is 4.38. The molecule has 1 unspecified atom stereocenters. The summed E-state index contributed by atoms with van der Waals surface area (Å²) >= 11 is 7.65. The summed E-state index contributed by atoms with van der Waals surface area (Å²) in [6.07, 6.45) is 1.20. The quantitative estimate of drug-likeness (QED) is 0.438. The maximum Gasteiger partial charge on any atom is 0.468 e. The zero-order valence-corrected chi connectivity index (χ0v) is 19.4. The van der Waals surface area contributed by atoms with Crippen molar-refractivity contribution in [1.82, 2.24) is 5.32 Å². The number of hydrogen-bond acceptors (Lipinski definition) is 10. The van der Waals surface area contributed by atoms with Gasteiger partial charge in [0, 0.05) is 16.3 Å². The summed E-state index contributed by atoms with van der Waals surface area (Å²) in [5, 5.41) is 4.07. The number of nitrogens with zero attached hydrogens (tertiary/aromatic N) is 4. The number of anilines is 1. The molecule has 4 rings (SSSR count). The van der Waals surface area contributed by atoms with Crippen LogP contribution in [-0.4, -0.2) is 58.2 Å². The molecule has 1 N–H and O–H groups in total. The van der Waals surface area contributed by atoms with E-state index in [1.165, 1.54) is 6.34 Å². The molecule has 2 aliphatic heterocycles. The van der Waals surface area contributed by atoms with E-state index in [4.69, 9.17) is 25.1 Å². The fourth-order valence-corrected chi connectivity index (χ4v) is 4.84. The molecule has 10 nitrogen and oxygen atoms in total. The Morgan fingerprint density at radius 1 is 1.09 bits per heavy atom. The second-order valence-corrected chi connectivity index (χ2v) is 9.54. The average molecular weight is 499 g/mol. The Labute approximate surface area is 195 Å². The molecule has 0 aliphatic carbocycles. The first-order chi connectivity index (χ1) is 15.4. The summed E-state index contributed by atoms with van der Waals surface area (Å²) in [6, 6.07) is 14.9. The van der Waals surface area contributed by atoms with Crippen molar-refractivity contribution in [3.05, 3.63) is 48.5 Å². The second kappa shape index (κ2) is 9.65. The molecule has 0 fully saturated rings. The van der Waals surface area contributed by atoms with Gasteiger partial charge in [-0.2, -0.15) is 13.5 Å². The summed E-state index contributed by atoms with van der Waals surface area (Å²) in [5.74, 6) is 1.04. The third-order valence-corrected chi connectivity index (χ3v) is 6.59. The van der Waals surface area contributed by atoms with E-state index < -0.39 is 14.6 Å². The van der Waals surface area contributed by atoms with Crippen molar-refractivity contribution >= 4 is 51.9 Å². The lowest BCUT2D eigenvalue weighted by Crippen LogP contribution is -2.44. The van der Waals surface area contributed by atoms with Gasteiger partial charge in [-0.1, -0.05) is 11.8 Å². The van der Waals surface area contributed by atoms with Crippen LogP contribution in [0, 0.1) is 0 Å². The first-order valence-electron chi connectivity index (χ1n) is 9.60. The minimum Gasteiger partial charge on any atom is -0.497 e. The number of ether oxygens (including phenoxy) is 1. The Hall–Kier alpha value is -2.35. The summed E-state index contributed by atoms with van der Waals surface area (Å²) in [6.45, 7) is 1.57. The van der Waals surface area contributed by atoms with Crippen LogP contribution >= 0.6 is 23.5 Å². The molecular weight excluding hydrogens is 478 g/mol. The van der Waals surface area contributed by atoms with Crippen LogP contribution in [0.25, 0.3) is 0 Å². The summed E-state index contributed by atoms with van der Waals surface area (Å²) in [5.41, 5.74) is 0.445. The number of halogens is 1. The van der Waals surface area contributed by atoms with Crippen LogP contribution in [0.4, 0.5) is 5.69 Å². The molecule has 2 aromatic carbocycles. The van der Waals surface area contributed by atoms with Crippen molar-refractivity contribution in [2.45, 2.75) is 9.79 Å². The smallest absolute Gasteiger partial charge is 0.468 e. The van der Waals surface area contributed by atoms with Crippen molar-refractivity contribution in [2.75, 3.05) is 38.4 Å². The van der Waals surface area contributed by atoms with Crippen LogP contribution in [0.3, 0.4) is 0 Å². The third kappa shape index (κ3) is 5.71. The largest absolute Gasteiger partial charge is 0.497 e. The van der Waals surface area contributed by atoms with Gasteiger partial charge in [-0.05, 0) is 57.0 Å². The Morgan fingerprint density at radius 3 is 2.34 bits per heavy atom. The van der Waals surface area contributed by atoms with Gasteiger partial charge >= 0.3 is 10.4 Å². The van der Waals surface area contributed by atoms with Crippen LogP contribution in [0.1, 0.15) is 0 Å². The SMILES string of the molecule is COc1ccc(Sc2ccc(N(OS(=O)(=O)O[N+]3(Cl)C=NCC3)C3=NCCN3)cc2)cc1. The molecule has 2 heterocycles. The molecule has 0 saturated heterocycles. The highest BCUT2D eigenvalue weighted by atomic mass is 35.5. The standard InChI is InChI=1S/C19H21ClN5O5S2/c1-28-16-4-8-18(9-5-16)31-17-6-2-15(3-7-17)24(19-22-10-11-23-19)29-32(26,27)30-25(20)13-12-21-14-25/h2-9,14H,10-13H2,1H3,(H,22,23)/q+1. The van der Waals surface area contributed by atoms with Crippen LogP contribution in [0.2, 0.25) is 0 Å². The van der Waals surface area contributed by atoms with E-state index in [9.17, 15) is 8.42 Å². The summed E-state index contributed by atoms with van der Waals surface area (Å²) < 4.78 is 39.6. The Balaban J connectivity index is 1.50. The lowest BCUT2D eigenvalue weighted by molar-refractivity contribution is -0.896. The van der Waals surface area contributed by atoms with Gasteiger partial charge in [0.25, 0.3) is 0 Å². The second-order valence-electron chi connectivity index (χ2n) is 6.70. The van der Waals surface area contributed by atoms with E-state index in [0.29, 0.717) is 25.3 Å². The van der Waals surface area contributed by atoms with Gasteiger partial charge in [-0.3, -0.25) is 0 Å². The molecule has 2 aromatic rings. The average Bonchev–Trinajstić information content (AvgIpc) is 3.45. The highest BCUT2D eigenvalue weighted by Gasteiger charge is 2.40. The van der Waals surface area contributed by atoms with Crippen LogP contribution in [0.15, 0.2) is 68.3 Å². The van der Waals surface area contributed by atoms with Crippen molar-refractivity contribution in [3.63, 3.8) is 0 Å². The highest BCUT2D eigenvalue weighted by Crippen LogP contribution is 2.31. The molecule has 0 spiro atoms. The van der Waals surface area contributed by atoms with Crippen molar-refractivity contribution in [1.29, 1.82) is 0 Å². The molecule has 13 heteroatoms.